The van der Waals surface area contributed by atoms with E-state index >= 15 is 0 Å². The van der Waals surface area contributed by atoms with Gasteiger partial charge in [0.05, 0.1) is 12.6 Å². The number of hydrogen-bond donors (Lipinski definition) is 2. The fourth-order valence-corrected chi connectivity index (χ4v) is 2.40. The molecule has 0 spiro atoms. The molecule has 2 aromatic rings. The highest BCUT2D eigenvalue weighted by atomic mass is 19.4. The van der Waals surface area contributed by atoms with Crippen LogP contribution in [0.4, 0.5) is 18.9 Å². The number of para-hydroxylation sites is 1. The van der Waals surface area contributed by atoms with Crippen LogP contribution in [0.1, 0.15) is 16.7 Å². The first-order valence-corrected chi connectivity index (χ1v) is 7.58. The van der Waals surface area contributed by atoms with E-state index in [0.717, 1.165) is 33.8 Å². The minimum absolute atomic E-state index is 0.131. The van der Waals surface area contributed by atoms with Gasteiger partial charge in [-0.05, 0) is 30.7 Å². The summed E-state index contributed by atoms with van der Waals surface area (Å²) in [5.41, 5.74) is 1.83. The Kier molecular flexibility index (Phi) is 5.62. The third-order valence-corrected chi connectivity index (χ3v) is 3.67. The lowest BCUT2D eigenvalue weighted by molar-refractivity contribution is -0.885. The van der Waals surface area contributed by atoms with Crippen molar-refractivity contribution in [2.75, 3.05) is 18.9 Å². The third kappa shape index (κ3) is 5.09. The molecule has 1 unspecified atom stereocenters. The lowest BCUT2D eigenvalue weighted by Gasteiger charge is -2.15. The van der Waals surface area contributed by atoms with E-state index in [4.69, 9.17) is 0 Å². The van der Waals surface area contributed by atoms with E-state index in [9.17, 15) is 18.0 Å². The van der Waals surface area contributed by atoms with Gasteiger partial charge in [0.15, 0.2) is 6.54 Å². The van der Waals surface area contributed by atoms with Gasteiger partial charge in [0.25, 0.3) is 5.91 Å². The summed E-state index contributed by atoms with van der Waals surface area (Å²) >= 11 is 0. The van der Waals surface area contributed by atoms with E-state index in [-0.39, 0.29) is 12.5 Å². The molecule has 3 nitrogen and oxygen atoms in total. The highest BCUT2D eigenvalue weighted by Crippen LogP contribution is 2.28. The van der Waals surface area contributed by atoms with E-state index in [1.807, 2.05) is 38.2 Å². The number of benzene rings is 2. The second-order valence-corrected chi connectivity index (χ2v) is 5.87. The number of rotatable bonds is 5. The number of carbonyl (C=O) groups is 1. The SMILES string of the molecule is Cc1ccccc1NC(=O)C[NH+](C)Cc1ccc(C(F)(F)F)cc1. The second kappa shape index (κ2) is 7.49. The van der Waals surface area contributed by atoms with Crippen molar-refractivity contribution in [2.24, 2.45) is 0 Å². The first-order chi connectivity index (χ1) is 11.3. The number of nitrogens with one attached hydrogen (secondary N) is 2. The van der Waals surface area contributed by atoms with Gasteiger partial charge in [-0.15, -0.1) is 0 Å². The van der Waals surface area contributed by atoms with Gasteiger partial charge < -0.3 is 10.2 Å². The van der Waals surface area contributed by atoms with Crippen LogP contribution < -0.4 is 10.2 Å². The zero-order chi connectivity index (χ0) is 17.7. The molecule has 1 amide bonds. The number of carbonyl (C=O) groups excluding carboxylic acids is 1. The van der Waals surface area contributed by atoms with Crippen molar-refractivity contribution in [1.29, 1.82) is 0 Å². The van der Waals surface area contributed by atoms with Crippen LogP contribution in [0.3, 0.4) is 0 Å². The minimum atomic E-state index is -4.33. The van der Waals surface area contributed by atoms with Gasteiger partial charge in [-0.25, -0.2) is 0 Å². The number of quaternary nitrogens is 1. The quantitative estimate of drug-likeness (QED) is 0.864. The minimum Gasteiger partial charge on any atom is -0.326 e. The molecule has 0 aliphatic carbocycles. The molecule has 0 fully saturated rings. The normalized spacial score (nSPS) is 12.7. The van der Waals surface area contributed by atoms with Crippen LogP contribution >= 0.6 is 0 Å². The van der Waals surface area contributed by atoms with E-state index in [1.54, 1.807) is 0 Å². The van der Waals surface area contributed by atoms with Crippen LogP contribution in [0.25, 0.3) is 0 Å². The fraction of sp³-hybridized carbons (Fsp3) is 0.278. The molecule has 24 heavy (non-hydrogen) atoms. The number of alkyl halides is 3. The maximum Gasteiger partial charge on any atom is 0.416 e. The van der Waals surface area contributed by atoms with Crippen LogP contribution in [0.5, 0.6) is 0 Å². The zero-order valence-electron chi connectivity index (χ0n) is 13.6. The van der Waals surface area contributed by atoms with E-state index < -0.39 is 11.7 Å². The number of aryl methyl sites for hydroxylation is 1. The Morgan fingerprint density at radius 2 is 1.71 bits per heavy atom. The summed E-state index contributed by atoms with van der Waals surface area (Å²) < 4.78 is 37.6. The molecule has 128 valence electrons. The van der Waals surface area contributed by atoms with Gasteiger partial charge in [0.2, 0.25) is 0 Å². The Labute approximate surface area is 139 Å². The smallest absolute Gasteiger partial charge is 0.326 e. The van der Waals surface area contributed by atoms with Gasteiger partial charge >= 0.3 is 6.18 Å². The molecule has 0 aliphatic heterocycles. The topological polar surface area (TPSA) is 33.5 Å². The molecule has 6 heteroatoms. The number of likely N-dealkylation sites (N-methyl/N-ethyl adjacent to an activating group) is 1. The Balaban J connectivity index is 1.90. The van der Waals surface area contributed by atoms with Crippen molar-refractivity contribution in [3.63, 3.8) is 0 Å². The van der Waals surface area contributed by atoms with Crippen LogP contribution in [0.2, 0.25) is 0 Å². The average molecular weight is 337 g/mol. The molecule has 0 saturated carbocycles. The lowest BCUT2D eigenvalue weighted by atomic mass is 10.1. The van der Waals surface area contributed by atoms with Crippen LogP contribution in [-0.2, 0) is 17.5 Å². The highest BCUT2D eigenvalue weighted by molar-refractivity contribution is 5.92. The van der Waals surface area contributed by atoms with E-state index in [2.05, 4.69) is 5.32 Å². The summed E-state index contributed by atoms with van der Waals surface area (Å²) in [7, 11) is 1.83. The molecular formula is C18H20F3N2O+. The molecule has 0 bridgehead atoms. The molecule has 0 aliphatic rings. The van der Waals surface area contributed by atoms with Crippen molar-refractivity contribution in [3.8, 4) is 0 Å². The molecule has 1 atom stereocenters. The Morgan fingerprint density at radius 1 is 1.08 bits per heavy atom. The van der Waals surface area contributed by atoms with Crippen molar-refractivity contribution < 1.29 is 22.9 Å². The Morgan fingerprint density at radius 3 is 2.29 bits per heavy atom. The molecule has 0 radical (unpaired) electrons. The van der Waals surface area contributed by atoms with Crippen molar-refractivity contribution in [3.05, 3.63) is 65.2 Å². The zero-order valence-corrected chi connectivity index (χ0v) is 13.6. The van der Waals surface area contributed by atoms with Crippen molar-refractivity contribution >= 4 is 11.6 Å². The van der Waals surface area contributed by atoms with Crippen molar-refractivity contribution in [1.82, 2.24) is 0 Å². The largest absolute Gasteiger partial charge is 0.416 e. The third-order valence-electron chi connectivity index (χ3n) is 3.67. The van der Waals surface area contributed by atoms with Crippen LogP contribution in [-0.4, -0.2) is 19.5 Å². The highest BCUT2D eigenvalue weighted by Gasteiger charge is 2.30. The van der Waals surface area contributed by atoms with E-state index in [1.165, 1.54) is 12.1 Å². The summed E-state index contributed by atoms with van der Waals surface area (Å²) in [6.45, 7) is 2.61. The predicted octanol–water partition coefficient (Wildman–Crippen LogP) is 2.67. The maximum atomic E-state index is 12.5. The summed E-state index contributed by atoms with van der Waals surface area (Å²) in [5, 5.41) is 2.85. The summed E-state index contributed by atoms with van der Waals surface area (Å²) in [5.74, 6) is -0.131. The second-order valence-electron chi connectivity index (χ2n) is 5.87. The molecule has 2 rings (SSSR count). The predicted molar refractivity (Wildman–Crippen MR) is 86.7 cm³/mol. The van der Waals surface area contributed by atoms with Crippen LogP contribution in [0.15, 0.2) is 48.5 Å². The van der Waals surface area contributed by atoms with Gasteiger partial charge in [-0.2, -0.15) is 13.2 Å². The summed E-state index contributed by atoms with van der Waals surface area (Å²) in [4.78, 5) is 13.0. The molecule has 0 heterocycles. The van der Waals surface area contributed by atoms with E-state index in [0.29, 0.717) is 6.54 Å². The standard InChI is InChI=1S/C18H19F3N2O/c1-13-5-3-4-6-16(13)22-17(24)12-23(2)11-14-7-9-15(10-8-14)18(19,20)21/h3-10H,11-12H2,1-2H3,(H,22,24)/p+1. The van der Waals surface area contributed by atoms with Gasteiger partial charge in [-0.1, -0.05) is 30.3 Å². The van der Waals surface area contributed by atoms with Gasteiger partial charge in [0, 0.05) is 11.3 Å². The monoisotopic (exact) mass is 337 g/mol. The maximum absolute atomic E-state index is 12.5. The number of amides is 1. The molecule has 2 aromatic carbocycles. The number of hydrogen-bond acceptors (Lipinski definition) is 1. The van der Waals surface area contributed by atoms with Crippen molar-refractivity contribution in [2.45, 2.75) is 19.6 Å². The lowest BCUT2D eigenvalue weighted by Crippen LogP contribution is -3.08. The number of halogens is 3. The first-order valence-electron chi connectivity index (χ1n) is 7.58. The van der Waals surface area contributed by atoms with Crippen LogP contribution in [0, 0.1) is 6.92 Å². The average Bonchev–Trinajstić information content (AvgIpc) is 2.49. The van der Waals surface area contributed by atoms with Gasteiger partial charge in [0.1, 0.15) is 6.54 Å². The first kappa shape index (κ1) is 18.0. The Hall–Kier alpha value is -2.34. The van der Waals surface area contributed by atoms with Gasteiger partial charge in [-0.3, -0.25) is 4.79 Å². The Bertz CT molecular complexity index is 696. The summed E-state index contributed by atoms with van der Waals surface area (Å²) in [6.07, 6.45) is -4.33. The molecule has 0 aromatic heterocycles. The summed E-state index contributed by atoms with van der Waals surface area (Å²) in [6, 6.07) is 12.5. The molecule has 0 saturated heterocycles. The fourth-order valence-electron chi connectivity index (χ4n) is 2.40. The number of anilines is 1. The molecule has 2 N–H and O–H groups in total. The molecular weight excluding hydrogens is 317 g/mol.